The van der Waals surface area contributed by atoms with Crippen LogP contribution in [0.25, 0.3) is 11.0 Å². The van der Waals surface area contributed by atoms with Gasteiger partial charge in [-0.2, -0.15) is 0 Å². The fraction of sp³-hybridized carbons (Fsp3) is 0.222. The van der Waals surface area contributed by atoms with E-state index >= 15 is 0 Å². The largest absolute Gasteiger partial charge is 0.461 e. The molecular weight excluding hydrogens is 278 g/mol. The highest BCUT2D eigenvalue weighted by Crippen LogP contribution is 2.36. The van der Waals surface area contributed by atoms with Crippen molar-refractivity contribution < 1.29 is 4.42 Å². The molecule has 108 valence electrons. The molecule has 0 aliphatic heterocycles. The highest BCUT2D eigenvalue weighted by molar-refractivity contribution is 7.98. The number of benzene rings is 2. The monoisotopic (exact) mass is 297 g/mol. The van der Waals surface area contributed by atoms with Gasteiger partial charge in [-0.1, -0.05) is 43.3 Å². The lowest BCUT2D eigenvalue weighted by molar-refractivity contribution is 0.546. The maximum Gasteiger partial charge on any atom is 0.134 e. The van der Waals surface area contributed by atoms with Gasteiger partial charge in [0.15, 0.2) is 0 Å². The molecule has 3 heteroatoms. The van der Waals surface area contributed by atoms with E-state index in [9.17, 15) is 0 Å². The maximum absolute atomic E-state index is 6.61. The van der Waals surface area contributed by atoms with Gasteiger partial charge in [0.05, 0.1) is 6.04 Å². The normalized spacial score (nSPS) is 12.7. The number of hydrogen-bond donors (Lipinski definition) is 1. The van der Waals surface area contributed by atoms with E-state index < -0.39 is 0 Å². The van der Waals surface area contributed by atoms with Crippen LogP contribution in [0.4, 0.5) is 0 Å². The van der Waals surface area contributed by atoms with Gasteiger partial charge in [0.25, 0.3) is 0 Å². The zero-order valence-corrected chi connectivity index (χ0v) is 13.1. The van der Waals surface area contributed by atoms with E-state index in [4.69, 9.17) is 10.2 Å². The van der Waals surface area contributed by atoms with Crippen molar-refractivity contribution >= 4 is 22.7 Å². The predicted octanol–water partition coefficient (Wildman–Crippen LogP) is 4.77. The van der Waals surface area contributed by atoms with Crippen LogP contribution in [0, 0.1) is 0 Å². The van der Waals surface area contributed by atoms with Gasteiger partial charge in [-0.15, -0.1) is 11.8 Å². The maximum atomic E-state index is 6.61. The predicted molar refractivity (Wildman–Crippen MR) is 89.8 cm³/mol. The Bertz CT molecular complexity index is 763. The summed E-state index contributed by atoms with van der Waals surface area (Å²) in [6.07, 6.45) is 2.93. The first-order valence-corrected chi connectivity index (χ1v) is 8.37. The molecule has 0 saturated heterocycles. The van der Waals surface area contributed by atoms with E-state index in [-0.39, 0.29) is 6.04 Å². The van der Waals surface area contributed by atoms with Crippen molar-refractivity contribution in [2.24, 2.45) is 5.73 Å². The van der Waals surface area contributed by atoms with E-state index in [0.29, 0.717) is 0 Å². The topological polar surface area (TPSA) is 39.2 Å². The Morgan fingerprint density at radius 3 is 2.57 bits per heavy atom. The zero-order chi connectivity index (χ0) is 14.8. The van der Waals surface area contributed by atoms with Crippen LogP contribution in [0.3, 0.4) is 0 Å². The van der Waals surface area contributed by atoms with Crippen LogP contribution in [-0.4, -0.2) is 6.26 Å². The molecule has 0 fully saturated rings. The van der Waals surface area contributed by atoms with Gasteiger partial charge in [-0.3, -0.25) is 0 Å². The third-order valence-corrected chi connectivity index (χ3v) is 4.63. The van der Waals surface area contributed by atoms with Crippen molar-refractivity contribution in [3.8, 4) is 0 Å². The van der Waals surface area contributed by atoms with Crippen LogP contribution in [0.1, 0.15) is 29.9 Å². The molecule has 0 bridgehead atoms. The molecule has 0 aliphatic rings. The van der Waals surface area contributed by atoms with Crippen LogP contribution in [0.5, 0.6) is 0 Å². The summed E-state index contributed by atoms with van der Waals surface area (Å²) in [6.45, 7) is 2.11. The van der Waals surface area contributed by atoms with Crippen LogP contribution in [0.2, 0.25) is 0 Å². The fourth-order valence-corrected chi connectivity index (χ4v) is 3.44. The van der Waals surface area contributed by atoms with Crippen LogP contribution >= 0.6 is 11.8 Å². The summed E-state index contributed by atoms with van der Waals surface area (Å²) in [4.78, 5) is 1.22. The SMILES string of the molecule is CCc1oc2ccccc2c1C(N)c1ccccc1SC. The Labute approximate surface area is 129 Å². The van der Waals surface area contributed by atoms with Crippen molar-refractivity contribution in [3.05, 3.63) is 65.4 Å². The summed E-state index contributed by atoms with van der Waals surface area (Å²) in [7, 11) is 0. The van der Waals surface area contributed by atoms with Gasteiger partial charge in [0.1, 0.15) is 11.3 Å². The highest BCUT2D eigenvalue weighted by Gasteiger charge is 2.21. The van der Waals surface area contributed by atoms with Gasteiger partial charge in [0.2, 0.25) is 0 Å². The van der Waals surface area contributed by atoms with Crippen molar-refractivity contribution in [1.82, 2.24) is 0 Å². The van der Waals surface area contributed by atoms with Gasteiger partial charge in [-0.05, 0) is 24.0 Å². The quantitative estimate of drug-likeness (QED) is 0.705. The standard InChI is InChI=1S/C18H19NOS/c1-3-14-17(12-8-4-6-10-15(12)20-14)18(19)13-9-5-7-11-16(13)21-2/h4-11,18H,3,19H2,1-2H3. The molecule has 0 radical (unpaired) electrons. The van der Waals surface area contributed by atoms with Crippen LogP contribution < -0.4 is 5.73 Å². The molecule has 21 heavy (non-hydrogen) atoms. The lowest BCUT2D eigenvalue weighted by Crippen LogP contribution is -2.14. The second-order valence-corrected chi connectivity index (χ2v) is 5.86. The van der Waals surface area contributed by atoms with Gasteiger partial charge >= 0.3 is 0 Å². The molecule has 0 saturated carbocycles. The van der Waals surface area contributed by atoms with E-state index in [0.717, 1.165) is 34.3 Å². The number of para-hydroxylation sites is 1. The second-order valence-electron chi connectivity index (χ2n) is 5.01. The molecule has 0 spiro atoms. The number of fused-ring (bicyclic) bond motifs is 1. The fourth-order valence-electron chi connectivity index (χ4n) is 2.80. The first-order valence-electron chi connectivity index (χ1n) is 7.15. The van der Waals surface area contributed by atoms with E-state index in [1.165, 1.54) is 4.90 Å². The van der Waals surface area contributed by atoms with Crippen molar-refractivity contribution in [3.63, 3.8) is 0 Å². The minimum atomic E-state index is -0.160. The summed E-state index contributed by atoms with van der Waals surface area (Å²) in [6, 6.07) is 16.3. The first kappa shape index (κ1) is 14.2. The number of nitrogens with two attached hydrogens (primary N) is 1. The number of rotatable bonds is 4. The van der Waals surface area contributed by atoms with Crippen LogP contribution in [0.15, 0.2) is 57.8 Å². The second kappa shape index (κ2) is 5.96. The molecule has 1 unspecified atom stereocenters. The number of hydrogen-bond acceptors (Lipinski definition) is 3. The summed E-state index contributed by atoms with van der Waals surface area (Å²) in [5.41, 5.74) is 9.80. The van der Waals surface area contributed by atoms with Crippen molar-refractivity contribution in [1.29, 1.82) is 0 Å². The van der Waals surface area contributed by atoms with Crippen molar-refractivity contribution in [2.75, 3.05) is 6.26 Å². The molecule has 3 rings (SSSR count). The third kappa shape index (κ3) is 2.47. The minimum absolute atomic E-state index is 0.160. The molecule has 0 aliphatic carbocycles. The number of thioether (sulfide) groups is 1. The van der Waals surface area contributed by atoms with Gasteiger partial charge in [0, 0.05) is 22.3 Å². The molecule has 2 N–H and O–H groups in total. The molecule has 3 aromatic rings. The van der Waals surface area contributed by atoms with E-state index in [1.54, 1.807) is 11.8 Å². The molecule has 1 atom stereocenters. The van der Waals surface area contributed by atoms with Gasteiger partial charge < -0.3 is 10.2 Å². The molecule has 2 aromatic carbocycles. The van der Waals surface area contributed by atoms with Crippen molar-refractivity contribution in [2.45, 2.75) is 24.3 Å². The summed E-state index contributed by atoms with van der Waals surface area (Å²) in [5.74, 6) is 0.986. The van der Waals surface area contributed by atoms with Gasteiger partial charge in [-0.25, -0.2) is 0 Å². The Morgan fingerprint density at radius 1 is 1.10 bits per heavy atom. The number of furan rings is 1. The summed E-state index contributed by atoms with van der Waals surface area (Å²) in [5, 5.41) is 1.12. The lowest BCUT2D eigenvalue weighted by Gasteiger charge is -2.16. The Kier molecular flexibility index (Phi) is 4.04. The van der Waals surface area contributed by atoms with E-state index in [1.807, 2.05) is 24.3 Å². The molecule has 0 amide bonds. The zero-order valence-electron chi connectivity index (χ0n) is 12.3. The Balaban J connectivity index is 2.19. The first-order chi connectivity index (χ1) is 10.3. The summed E-state index contributed by atoms with van der Waals surface area (Å²) < 4.78 is 5.98. The average Bonchev–Trinajstić information content (AvgIpc) is 2.92. The molecule has 1 heterocycles. The Hall–Kier alpha value is -1.71. The smallest absolute Gasteiger partial charge is 0.134 e. The summed E-state index contributed by atoms with van der Waals surface area (Å²) >= 11 is 1.73. The van der Waals surface area contributed by atoms with E-state index in [2.05, 4.69) is 37.4 Å². The molecular formula is C18H19NOS. The number of aryl methyl sites for hydroxylation is 1. The Morgan fingerprint density at radius 2 is 1.81 bits per heavy atom. The molecule has 2 nitrogen and oxygen atoms in total. The van der Waals surface area contributed by atoms with Crippen LogP contribution in [-0.2, 0) is 6.42 Å². The molecule has 1 aromatic heterocycles. The average molecular weight is 297 g/mol. The highest BCUT2D eigenvalue weighted by atomic mass is 32.2. The lowest BCUT2D eigenvalue weighted by atomic mass is 9.96. The third-order valence-electron chi connectivity index (χ3n) is 3.82. The minimum Gasteiger partial charge on any atom is -0.461 e.